The first-order chi connectivity index (χ1) is 13.4. The summed E-state index contributed by atoms with van der Waals surface area (Å²) < 4.78 is 7.09. The second kappa shape index (κ2) is 6.99. The third-order valence-corrected chi connectivity index (χ3v) is 4.45. The van der Waals surface area contributed by atoms with E-state index >= 15 is 0 Å². The lowest BCUT2D eigenvalue weighted by atomic mass is 10.2. The Labute approximate surface area is 162 Å². The fraction of sp³-hybridized carbons (Fsp3) is 0.368. The lowest BCUT2D eigenvalue weighted by Crippen LogP contribution is -2.20. The molecule has 0 fully saturated rings. The van der Waals surface area contributed by atoms with Crippen molar-refractivity contribution in [3.05, 3.63) is 41.8 Å². The Morgan fingerprint density at radius 3 is 2.68 bits per heavy atom. The Bertz CT molecular complexity index is 1120. The van der Waals surface area contributed by atoms with Crippen LogP contribution < -0.4 is 4.90 Å². The Balaban J connectivity index is 1.79. The number of aromatic nitrogens is 7. The van der Waals surface area contributed by atoms with E-state index < -0.39 is 0 Å². The molecule has 0 amide bonds. The highest BCUT2D eigenvalue weighted by molar-refractivity contribution is 5.91. The molecule has 0 atom stereocenters. The van der Waals surface area contributed by atoms with Gasteiger partial charge < -0.3 is 9.42 Å². The summed E-state index contributed by atoms with van der Waals surface area (Å²) in [5.74, 6) is 2.73. The van der Waals surface area contributed by atoms with Crippen molar-refractivity contribution in [3.8, 4) is 11.5 Å². The van der Waals surface area contributed by atoms with Crippen molar-refractivity contribution in [2.75, 3.05) is 11.9 Å². The second-order valence-corrected chi connectivity index (χ2v) is 7.05. The summed E-state index contributed by atoms with van der Waals surface area (Å²) in [7, 11) is 3.82. The quantitative estimate of drug-likeness (QED) is 0.523. The molecule has 4 heterocycles. The van der Waals surface area contributed by atoms with Gasteiger partial charge in [0.25, 0.3) is 0 Å². The fourth-order valence-corrected chi connectivity index (χ4v) is 3.06. The first-order valence-corrected chi connectivity index (χ1v) is 9.10. The summed E-state index contributed by atoms with van der Waals surface area (Å²) in [5, 5.41) is 9.51. The maximum Gasteiger partial charge on any atom is 0.229 e. The van der Waals surface area contributed by atoms with Gasteiger partial charge in [0.2, 0.25) is 5.89 Å². The molecule has 0 saturated carbocycles. The second-order valence-electron chi connectivity index (χ2n) is 7.05. The number of nitrogens with zero attached hydrogens (tertiary/aromatic N) is 8. The number of fused-ring (bicyclic) bond motifs is 1. The predicted molar refractivity (Wildman–Crippen MR) is 105 cm³/mol. The zero-order valence-electron chi connectivity index (χ0n) is 16.6. The molecule has 0 N–H and O–H groups in total. The Morgan fingerprint density at radius 2 is 2.00 bits per heavy atom. The van der Waals surface area contributed by atoms with Crippen LogP contribution in [0.15, 0.2) is 28.9 Å². The molecule has 9 nitrogen and oxygen atoms in total. The van der Waals surface area contributed by atoms with Crippen molar-refractivity contribution in [2.24, 2.45) is 7.05 Å². The minimum absolute atomic E-state index is 0.189. The number of aryl methyl sites for hydroxylation is 2. The van der Waals surface area contributed by atoms with Gasteiger partial charge in [-0.1, -0.05) is 25.1 Å². The Kier molecular flexibility index (Phi) is 4.50. The third kappa shape index (κ3) is 3.19. The molecule has 0 aliphatic heterocycles. The van der Waals surface area contributed by atoms with Crippen molar-refractivity contribution in [3.63, 3.8) is 0 Å². The monoisotopic (exact) mass is 378 g/mol. The molecule has 0 aromatic carbocycles. The molecule has 28 heavy (non-hydrogen) atoms. The Hall–Kier alpha value is -3.36. The zero-order chi connectivity index (χ0) is 19.8. The highest BCUT2D eigenvalue weighted by Gasteiger charge is 2.20. The average Bonchev–Trinajstić information content (AvgIpc) is 3.26. The number of rotatable bonds is 5. The van der Waals surface area contributed by atoms with E-state index in [0.29, 0.717) is 29.8 Å². The highest BCUT2D eigenvalue weighted by atomic mass is 16.5. The van der Waals surface area contributed by atoms with Crippen LogP contribution in [0, 0.1) is 6.92 Å². The lowest BCUT2D eigenvalue weighted by molar-refractivity contribution is 0.360. The SMILES string of the molecule is Cc1nn(C)c2nc(-c3ccccn3)nc(N(C)Cc3noc(C(C)C)n3)c12. The van der Waals surface area contributed by atoms with E-state index in [1.807, 2.05) is 58.0 Å². The van der Waals surface area contributed by atoms with Gasteiger partial charge in [-0.3, -0.25) is 9.67 Å². The number of pyridine rings is 1. The molecule has 4 aromatic heterocycles. The van der Waals surface area contributed by atoms with E-state index in [9.17, 15) is 0 Å². The largest absolute Gasteiger partial charge is 0.351 e. The number of anilines is 1. The molecule has 0 bridgehead atoms. The standard InChI is InChI=1S/C19H22N8O/c1-11(2)19-21-14(25-28-19)10-26(4)17-15-12(3)24-27(5)18(15)23-16(22-17)13-8-6-7-9-20-13/h6-9,11H,10H2,1-5H3. The van der Waals surface area contributed by atoms with Gasteiger partial charge in [-0.2, -0.15) is 10.1 Å². The minimum Gasteiger partial charge on any atom is -0.351 e. The van der Waals surface area contributed by atoms with E-state index in [-0.39, 0.29) is 5.92 Å². The van der Waals surface area contributed by atoms with Crippen LogP contribution in [0.1, 0.15) is 37.2 Å². The van der Waals surface area contributed by atoms with Crippen LogP contribution in [0.2, 0.25) is 0 Å². The first kappa shape index (κ1) is 18.0. The summed E-state index contributed by atoms with van der Waals surface area (Å²) in [6.07, 6.45) is 1.73. The molecule has 0 unspecified atom stereocenters. The maximum absolute atomic E-state index is 5.32. The van der Waals surface area contributed by atoms with Gasteiger partial charge in [-0.25, -0.2) is 9.97 Å². The number of hydrogen-bond donors (Lipinski definition) is 0. The topological polar surface area (TPSA) is 98.7 Å². The van der Waals surface area contributed by atoms with Gasteiger partial charge >= 0.3 is 0 Å². The molecular weight excluding hydrogens is 356 g/mol. The van der Waals surface area contributed by atoms with E-state index in [1.54, 1.807) is 10.9 Å². The third-order valence-electron chi connectivity index (χ3n) is 4.45. The van der Waals surface area contributed by atoms with Gasteiger partial charge in [0.15, 0.2) is 17.3 Å². The van der Waals surface area contributed by atoms with Crippen molar-refractivity contribution in [1.29, 1.82) is 0 Å². The van der Waals surface area contributed by atoms with Gasteiger partial charge in [0.1, 0.15) is 11.5 Å². The van der Waals surface area contributed by atoms with E-state index in [2.05, 4.69) is 20.2 Å². The van der Waals surface area contributed by atoms with Gasteiger partial charge in [-0.05, 0) is 19.1 Å². The highest BCUT2D eigenvalue weighted by Crippen LogP contribution is 2.29. The Morgan fingerprint density at radius 1 is 1.18 bits per heavy atom. The zero-order valence-corrected chi connectivity index (χ0v) is 16.6. The molecule has 9 heteroatoms. The maximum atomic E-state index is 5.32. The van der Waals surface area contributed by atoms with E-state index in [4.69, 9.17) is 14.5 Å². The van der Waals surface area contributed by atoms with Crippen molar-refractivity contribution >= 4 is 16.9 Å². The fourth-order valence-electron chi connectivity index (χ4n) is 3.06. The summed E-state index contributed by atoms with van der Waals surface area (Å²) in [4.78, 5) is 20.3. The van der Waals surface area contributed by atoms with Gasteiger partial charge in [0.05, 0.1) is 17.6 Å². The van der Waals surface area contributed by atoms with Crippen LogP contribution in [0.25, 0.3) is 22.6 Å². The van der Waals surface area contributed by atoms with E-state index in [1.165, 1.54) is 0 Å². The molecule has 0 aliphatic rings. The predicted octanol–water partition coefficient (Wildman–Crippen LogP) is 2.88. The molecule has 0 spiro atoms. The smallest absolute Gasteiger partial charge is 0.229 e. The molecule has 4 aromatic rings. The van der Waals surface area contributed by atoms with Gasteiger partial charge in [-0.15, -0.1) is 0 Å². The summed E-state index contributed by atoms with van der Waals surface area (Å²) in [6.45, 7) is 6.45. The summed E-state index contributed by atoms with van der Waals surface area (Å²) >= 11 is 0. The molecular formula is C19H22N8O. The molecule has 144 valence electrons. The van der Waals surface area contributed by atoms with Crippen LogP contribution in [0.5, 0.6) is 0 Å². The van der Waals surface area contributed by atoms with Gasteiger partial charge in [0, 0.05) is 26.2 Å². The van der Waals surface area contributed by atoms with Crippen molar-refractivity contribution < 1.29 is 4.52 Å². The van der Waals surface area contributed by atoms with Crippen molar-refractivity contribution in [2.45, 2.75) is 33.2 Å². The minimum atomic E-state index is 0.189. The van der Waals surface area contributed by atoms with Crippen LogP contribution in [-0.4, -0.2) is 41.9 Å². The molecule has 0 radical (unpaired) electrons. The summed E-state index contributed by atoms with van der Waals surface area (Å²) in [6, 6.07) is 5.68. The average molecular weight is 378 g/mol. The first-order valence-electron chi connectivity index (χ1n) is 9.10. The van der Waals surface area contributed by atoms with E-state index in [0.717, 1.165) is 22.5 Å². The summed E-state index contributed by atoms with van der Waals surface area (Å²) in [5.41, 5.74) is 2.33. The lowest BCUT2D eigenvalue weighted by Gasteiger charge is -2.18. The number of hydrogen-bond acceptors (Lipinski definition) is 8. The van der Waals surface area contributed by atoms with Crippen molar-refractivity contribution in [1.82, 2.24) is 34.9 Å². The molecule has 0 saturated heterocycles. The van der Waals surface area contributed by atoms with Crippen LogP contribution in [0.3, 0.4) is 0 Å². The van der Waals surface area contributed by atoms with Crippen LogP contribution in [-0.2, 0) is 13.6 Å². The molecule has 4 rings (SSSR count). The van der Waals surface area contributed by atoms with Crippen LogP contribution in [0.4, 0.5) is 5.82 Å². The van der Waals surface area contributed by atoms with Crippen LogP contribution >= 0.6 is 0 Å². The molecule has 0 aliphatic carbocycles. The normalized spacial score (nSPS) is 11.5.